The highest BCUT2D eigenvalue weighted by atomic mass is 35.5. The van der Waals surface area contributed by atoms with E-state index in [0.717, 1.165) is 12.3 Å². The number of hydrogen-bond acceptors (Lipinski definition) is 6. The number of H-pyrrole nitrogens is 1. The van der Waals surface area contributed by atoms with Crippen molar-refractivity contribution in [1.29, 1.82) is 0 Å². The van der Waals surface area contributed by atoms with Gasteiger partial charge in [-0.05, 0) is 6.07 Å². The monoisotopic (exact) mass is 287 g/mol. The molecule has 18 heavy (non-hydrogen) atoms. The number of aromatic amines is 1. The van der Waals surface area contributed by atoms with Crippen LogP contribution in [0.1, 0.15) is 0 Å². The maximum absolute atomic E-state index is 11.9. The lowest BCUT2D eigenvalue weighted by Crippen LogP contribution is -2.17. The molecule has 2 aromatic heterocycles. The van der Waals surface area contributed by atoms with Gasteiger partial charge in [0, 0.05) is 6.20 Å². The topological polar surface area (TPSA) is 118 Å². The van der Waals surface area contributed by atoms with E-state index in [1.807, 2.05) is 0 Å². The van der Waals surface area contributed by atoms with Crippen LogP contribution in [0.15, 0.2) is 34.3 Å². The predicted molar refractivity (Wildman–Crippen MR) is 62.7 cm³/mol. The lowest BCUT2D eigenvalue weighted by atomic mass is 10.5. The van der Waals surface area contributed by atoms with Crippen LogP contribution in [-0.4, -0.2) is 28.6 Å². The van der Waals surface area contributed by atoms with Gasteiger partial charge in [-0.2, -0.15) is 5.10 Å². The van der Waals surface area contributed by atoms with Crippen LogP contribution in [0.5, 0.6) is 0 Å². The molecule has 0 aromatic carbocycles. The summed E-state index contributed by atoms with van der Waals surface area (Å²) in [5.74, 6) is -0.181. The summed E-state index contributed by atoms with van der Waals surface area (Å²) >= 11 is 5.54. The van der Waals surface area contributed by atoms with Gasteiger partial charge in [0.2, 0.25) is 0 Å². The van der Waals surface area contributed by atoms with Crippen molar-refractivity contribution in [1.82, 2.24) is 20.2 Å². The molecule has 0 fully saturated rings. The summed E-state index contributed by atoms with van der Waals surface area (Å²) in [4.78, 5) is 16.7. The van der Waals surface area contributed by atoms with E-state index in [1.165, 1.54) is 12.4 Å². The molecule has 0 aliphatic rings. The Morgan fingerprint density at radius 3 is 2.72 bits per heavy atom. The summed E-state index contributed by atoms with van der Waals surface area (Å²) < 4.78 is 25.8. The zero-order valence-electron chi connectivity index (χ0n) is 8.66. The van der Waals surface area contributed by atoms with Crippen molar-refractivity contribution in [3.63, 3.8) is 0 Å². The fourth-order valence-electron chi connectivity index (χ4n) is 1.07. The molecule has 0 radical (unpaired) electrons. The van der Waals surface area contributed by atoms with Crippen LogP contribution in [0.4, 0.5) is 5.95 Å². The van der Waals surface area contributed by atoms with Crippen molar-refractivity contribution in [3.05, 3.63) is 40.0 Å². The summed E-state index contributed by atoms with van der Waals surface area (Å²) in [5.41, 5.74) is -0.576. The first-order chi connectivity index (χ1) is 8.49. The highest BCUT2D eigenvalue weighted by molar-refractivity contribution is 7.92. The number of nitrogens with zero attached hydrogens (tertiary/aromatic N) is 3. The number of aromatic nitrogens is 4. The first kappa shape index (κ1) is 12.5. The van der Waals surface area contributed by atoms with Gasteiger partial charge in [-0.25, -0.2) is 18.1 Å². The summed E-state index contributed by atoms with van der Waals surface area (Å²) in [6.07, 6.45) is 3.60. The maximum Gasteiger partial charge on any atom is 0.266 e. The van der Waals surface area contributed by atoms with Crippen LogP contribution in [0.2, 0.25) is 5.02 Å². The van der Waals surface area contributed by atoms with Crippen molar-refractivity contribution in [2.45, 2.75) is 4.90 Å². The lowest BCUT2D eigenvalue weighted by molar-refractivity contribution is 0.600. The molecule has 0 amide bonds. The van der Waals surface area contributed by atoms with Crippen LogP contribution in [-0.2, 0) is 10.0 Å². The summed E-state index contributed by atoms with van der Waals surface area (Å²) in [7, 11) is -3.92. The van der Waals surface area contributed by atoms with Crippen LogP contribution in [0.25, 0.3) is 0 Å². The second-order valence-corrected chi connectivity index (χ2v) is 5.17. The molecule has 2 heterocycles. The molecule has 2 aromatic rings. The average Bonchev–Trinajstić information content (AvgIpc) is 2.33. The number of anilines is 1. The standard InChI is InChI=1S/C8H6ClN5O3S/c9-6-3-5(4-11-7(6)15)18(16,17)14-8-10-1-2-12-13-8/h1-4H,(H,11,15)(H,10,13,14). The van der Waals surface area contributed by atoms with Crippen molar-refractivity contribution in [2.24, 2.45) is 0 Å². The predicted octanol–water partition coefficient (Wildman–Crippen LogP) is 0.0141. The van der Waals surface area contributed by atoms with Crippen molar-refractivity contribution in [3.8, 4) is 0 Å². The molecule has 0 spiro atoms. The minimum Gasteiger partial charge on any atom is -0.326 e. The molecular formula is C8H6ClN5O3S. The zero-order chi connectivity index (χ0) is 13.2. The Hall–Kier alpha value is -2.00. The molecule has 0 aliphatic carbocycles. The fraction of sp³-hybridized carbons (Fsp3) is 0. The molecule has 0 bridgehead atoms. The maximum atomic E-state index is 11.9. The van der Waals surface area contributed by atoms with E-state index >= 15 is 0 Å². The van der Waals surface area contributed by atoms with E-state index in [1.54, 1.807) is 0 Å². The number of halogens is 1. The van der Waals surface area contributed by atoms with Crippen LogP contribution in [0, 0.1) is 0 Å². The van der Waals surface area contributed by atoms with Gasteiger partial charge < -0.3 is 4.98 Å². The molecular weight excluding hydrogens is 282 g/mol. The Balaban J connectivity index is 2.37. The smallest absolute Gasteiger partial charge is 0.266 e. The number of rotatable bonds is 3. The van der Waals surface area contributed by atoms with Crippen molar-refractivity contribution in [2.75, 3.05) is 4.72 Å². The number of nitrogens with one attached hydrogen (secondary N) is 2. The van der Waals surface area contributed by atoms with E-state index in [0.29, 0.717) is 0 Å². The lowest BCUT2D eigenvalue weighted by Gasteiger charge is -2.05. The summed E-state index contributed by atoms with van der Waals surface area (Å²) in [6, 6.07) is 1.03. The zero-order valence-corrected chi connectivity index (χ0v) is 10.2. The largest absolute Gasteiger partial charge is 0.326 e. The van der Waals surface area contributed by atoms with Crippen molar-refractivity contribution < 1.29 is 8.42 Å². The Labute approximate surface area is 106 Å². The number of sulfonamides is 1. The molecule has 2 rings (SSSR count). The molecule has 2 N–H and O–H groups in total. The van der Waals surface area contributed by atoms with E-state index < -0.39 is 15.6 Å². The van der Waals surface area contributed by atoms with E-state index in [9.17, 15) is 13.2 Å². The molecule has 0 aliphatic heterocycles. The van der Waals surface area contributed by atoms with E-state index in [4.69, 9.17) is 11.6 Å². The molecule has 0 unspecified atom stereocenters. The Kier molecular flexibility index (Phi) is 3.26. The molecule has 0 saturated carbocycles. The van der Waals surface area contributed by atoms with Crippen LogP contribution < -0.4 is 10.3 Å². The SMILES string of the molecule is O=c1[nH]cc(S(=O)(=O)Nc2nccnn2)cc1Cl. The minimum absolute atomic E-state index is 0.181. The van der Waals surface area contributed by atoms with Gasteiger partial charge in [0.1, 0.15) is 9.92 Å². The van der Waals surface area contributed by atoms with Gasteiger partial charge in [0.05, 0.1) is 12.4 Å². The van der Waals surface area contributed by atoms with Crippen molar-refractivity contribution >= 4 is 27.6 Å². The Morgan fingerprint density at radius 2 is 2.11 bits per heavy atom. The van der Waals surface area contributed by atoms with Gasteiger partial charge in [0.15, 0.2) is 0 Å². The van der Waals surface area contributed by atoms with E-state index in [-0.39, 0.29) is 15.9 Å². The normalized spacial score (nSPS) is 11.2. The van der Waals surface area contributed by atoms with Crippen LogP contribution in [0.3, 0.4) is 0 Å². The average molecular weight is 288 g/mol. The highest BCUT2D eigenvalue weighted by Gasteiger charge is 2.17. The molecule has 94 valence electrons. The summed E-state index contributed by atoms with van der Waals surface area (Å²) in [6.45, 7) is 0. The third kappa shape index (κ3) is 2.63. The van der Waals surface area contributed by atoms with Gasteiger partial charge >= 0.3 is 0 Å². The van der Waals surface area contributed by atoms with Gasteiger partial charge in [-0.3, -0.25) is 4.79 Å². The molecule has 10 heteroatoms. The fourth-order valence-corrected chi connectivity index (χ4v) is 2.24. The quantitative estimate of drug-likeness (QED) is 0.821. The van der Waals surface area contributed by atoms with E-state index in [2.05, 4.69) is 24.9 Å². The second kappa shape index (κ2) is 4.70. The number of pyridine rings is 1. The molecule has 0 saturated heterocycles. The molecule has 8 nitrogen and oxygen atoms in total. The van der Waals surface area contributed by atoms with Gasteiger partial charge in [-0.1, -0.05) is 11.6 Å². The van der Waals surface area contributed by atoms with Gasteiger partial charge in [-0.15, -0.1) is 5.10 Å². The minimum atomic E-state index is -3.92. The highest BCUT2D eigenvalue weighted by Crippen LogP contribution is 2.13. The number of hydrogen-bond donors (Lipinski definition) is 2. The third-order valence-corrected chi connectivity index (χ3v) is 3.44. The first-order valence-corrected chi connectivity index (χ1v) is 6.40. The third-order valence-electron chi connectivity index (χ3n) is 1.85. The Morgan fingerprint density at radius 1 is 1.33 bits per heavy atom. The second-order valence-electron chi connectivity index (χ2n) is 3.08. The summed E-state index contributed by atoms with van der Waals surface area (Å²) in [5, 5.41) is 6.71. The van der Waals surface area contributed by atoms with Gasteiger partial charge in [0.25, 0.3) is 21.5 Å². The first-order valence-electron chi connectivity index (χ1n) is 4.54. The molecule has 0 atom stereocenters. The van der Waals surface area contributed by atoms with Crippen LogP contribution >= 0.6 is 11.6 Å². The Bertz CT molecular complexity index is 715.